The van der Waals surface area contributed by atoms with Gasteiger partial charge in [-0.3, -0.25) is 19.6 Å². The lowest BCUT2D eigenvalue weighted by molar-refractivity contribution is -0.141. The van der Waals surface area contributed by atoms with Crippen molar-refractivity contribution in [2.75, 3.05) is 19.6 Å². The highest BCUT2D eigenvalue weighted by atomic mass is 16.5. The van der Waals surface area contributed by atoms with Crippen LogP contribution in [0, 0.1) is 17.8 Å². The van der Waals surface area contributed by atoms with Crippen molar-refractivity contribution in [2.24, 2.45) is 17.8 Å². The zero-order valence-corrected chi connectivity index (χ0v) is 18.3. The number of nitrogens with one attached hydrogen (secondary N) is 4. The first-order valence-electron chi connectivity index (χ1n) is 11.1. The maximum atomic E-state index is 13.0. The molecule has 1 rings (SSSR count). The Labute approximate surface area is 174 Å². The van der Waals surface area contributed by atoms with Crippen molar-refractivity contribution < 1.29 is 19.6 Å². The highest BCUT2D eigenvalue weighted by molar-refractivity contribution is 5.91. The molecule has 0 aromatic rings. The number of carbonyl (C=O) groups excluding carboxylic acids is 3. The molecule has 0 radical (unpaired) electrons. The number of hydrogen-bond donors (Lipinski definition) is 5. The SMILES string of the molecule is CC(C)CC(C(=O)N[C@H]1CCCCNCCCCCCNC1=O)C(C)C(=O)NO. The molecular formula is C21H40N4O4. The molecule has 0 spiro atoms. The number of carbonyl (C=O) groups is 3. The van der Waals surface area contributed by atoms with Gasteiger partial charge in [0.15, 0.2) is 0 Å². The van der Waals surface area contributed by atoms with Crippen molar-refractivity contribution in [3.63, 3.8) is 0 Å². The molecule has 0 aliphatic carbocycles. The third-order valence-electron chi connectivity index (χ3n) is 5.50. The molecule has 1 aliphatic heterocycles. The van der Waals surface area contributed by atoms with Gasteiger partial charge in [-0.25, -0.2) is 5.48 Å². The van der Waals surface area contributed by atoms with Crippen LogP contribution in [0.2, 0.25) is 0 Å². The van der Waals surface area contributed by atoms with E-state index < -0.39 is 23.8 Å². The second-order valence-corrected chi connectivity index (χ2v) is 8.51. The molecule has 1 aliphatic rings. The molecule has 1 heterocycles. The summed E-state index contributed by atoms with van der Waals surface area (Å²) in [5.74, 6) is -2.16. The number of amides is 3. The fourth-order valence-corrected chi connectivity index (χ4v) is 3.67. The van der Waals surface area contributed by atoms with Crippen molar-refractivity contribution in [3.05, 3.63) is 0 Å². The van der Waals surface area contributed by atoms with Gasteiger partial charge in [0.1, 0.15) is 6.04 Å². The largest absolute Gasteiger partial charge is 0.354 e. The molecule has 8 heteroatoms. The van der Waals surface area contributed by atoms with Gasteiger partial charge in [0.25, 0.3) is 0 Å². The van der Waals surface area contributed by atoms with Crippen molar-refractivity contribution in [1.82, 2.24) is 21.4 Å². The van der Waals surface area contributed by atoms with Crippen LogP contribution >= 0.6 is 0 Å². The average molecular weight is 413 g/mol. The van der Waals surface area contributed by atoms with Crippen molar-refractivity contribution in [1.29, 1.82) is 0 Å². The summed E-state index contributed by atoms with van der Waals surface area (Å²) in [6.45, 7) is 8.12. The maximum absolute atomic E-state index is 13.0. The summed E-state index contributed by atoms with van der Waals surface area (Å²) < 4.78 is 0. The summed E-state index contributed by atoms with van der Waals surface area (Å²) in [6.07, 6.45) is 7.13. The third kappa shape index (κ3) is 10.1. The molecule has 2 unspecified atom stereocenters. The zero-order chi connectivity index (χ0) is 21.6. The first-order chi connectivity index (χ1) is 13.9. The van der Waals surface area contributed by atoms with Crippen LogP contribution in [0.1, 0.15) is 72.1 Å². The molecule has 29 heavy (non-hydrogen) atoms. The Kier molecular flexibility index (Phi) is 12.5. The smallest absolute Gasteiger partial charge is 0.246 e. The van der Waals surface area contributed by atoms with E-state index in [0.29, 0.717) is 19.4 Å². The van der Waals surface area contributed by atoms with Gasteiger partial charge in [-0.1, -0.05) is 33.6 Å². The predicted octanol–water partition coefficient (Wildman–Crippen LogP) is 1.73. The van der Waals surface area contributed by atoms with E-state index in [1.54, 1.807) is 12.4 Å². The second-order valence-electron chi connectivity index (χ2n) is 8.51. The molecule has 3 atom stereocenters. The van der Waals surface area contributed by atoms with Crippen LogP contribution in [0.15, 0.2) is 0 Å². The Morgan fingerprint density at radius 1 is 1.00 bits per heavy atom. The van der Waals surface area contributed by atoms with Crippen LogP contribution in [-0.2, 0) is 14.4 Å². The molecule has 0 bridgehead atoms. The zero-order valence-electron chi connectivity index (χ0n) is 18.3. The maximum Gasteiger partial charge on any atom is 0.246 e. The van der Waals surface area contributed by atoms with Gasteiger partial charge in [-0.05, 0) is 57.5 Å². The van der Waals surface area contributed by atoms with Crippen LogP contribution < -0.4 is 21.4 Å². The Balaban J connectivity index is 2.79. The molecule has 168 valence electrons. The minimum atomic E-state index is -0.687. The lowest BCUT2D eigenvalue weighted by atomic mass is 9.85. The van der Waals surface area contributed by atoms with Crippen molar-refractivity contribution in [3.8, 4) is 0 Å². The van der Waals surface area contributed by atoms with Gasteiger partial charge in [0.2, 0.25) is 17.7 Å². The summed E-state index contributed by atoms with van der Waals surface area (Å²) in [7, 11) is 0. The topological polar surface area (TPSA) is 120 Å². The minimum Gasteiger partial charge on any atom is -0.354 e. The van der Waals surface area contributed by atoms with E-state index in [0.717, 1.165) is 51.6 Å². The van der Waals surface area contributed by atoms with E-state index in [-0.39, 0.29) is 17.7 Å². The van der Waals surface area contributed by atoms with E-state index in [2.05, 4.69) is 16.0 Å². The molecule has 1 fully saturated rings. The lowest BCUT2D eigenvalue weighted by Crippen LogP contribution is -2.50. The number of hydroxylamine groups is 1. The summed E-state index contributed by atoms with van der Waals surface area (Å²) >= 11 is 0. The van der Waals surface area contributed by atoms with Gasteiger partial charge in [0, 0.05) is 18.4 Å². The summed E-state index contributed by atoms with van der Waals surface area (Å²) in [5.41, 5.74) is 1.64. The average Bonchev–Trinajstić information content (AvgIpc) is 2.69. The number of hydrogen-bond acceptors (Lipinski definition) is 5. The molecule has 0 saturated carbocycles. The third-order valence-corrected chi connectivity index (χ3v) is 5.50. The summed E-state index contributed by atoms with van der Waals surface area (Å²) in [4.78, 5) is 37.5. The summed E-state index contributed by atoms with van der Waals surface area (Å²) in [5, 5.41) is 18.2. The molecule has 8 nitrogen and oxygen atoms in total. The molecule has 1 saturated heterocycles. The van der Waals surface area contributed by atoms with Crippen LogP contribution in [0.25, 0.3) is 0 Å². The predicted molar refractivity (Wildman–Crippen MR) is 112 cm³/mol. The number of rotatable bonds is 6. The van der Waals surface area contributed by atoms with Crippen LogP contribution in [0.4, 0.5) is 0 Å². The van der Waals surface area contributed by atoms with E-state index in [1.807, 2.05) is 13.8 Å². The molecule has 5 N–H and O–H groups in total. The van der Waals surface area contributed by atoms with Gasteiger partial charge < -0.3 is 16.0 Å². The van der Waals surface area contributed by atoms with Gasteiger partial charge >= 0.3 is 0 Å². The van der Waals surface area contributed by atoms with E-state index in [4.69, 9.17) is 5.21 Å². The Morgan fingerprint density at radius 3 is 2.24 bits per heavy atom. The van der Waals surface area contributed by atoms with Crippen molar-refractivity contribution >= 4 is 17.7 Å². The van der Waals surface area contributed by atoms with Gasteiger partial charge in [0.05, 0.1) is 0 Å². The Bertz CT molecular complexity index is 513. The fraction of sp³-hybridized carbons (Fsp3) is 0.857. The second kappa shape index (κ2) is 14.3. The van der Waals surface area contributed by atoms with Gasteiger partial charge in [-0.15, -0.1) is 0 Å². The first-order valence-corrected chi connectivity index (χ1v) is 11.1. The highest BCUT2D eigenvalue weighted by Gasteiger charge is 2.33. The van der Waals surface area contributed by atoms with E-state index in [9.17, 15) is 14.4 Å². The molecule has 3 amide bonds. The molecule has 0 aromatic heterocycles. The highest BCUT2D eigenvalue weighted by Crippen LogP contribution is 2.22. The standard InChI is InChI=1S/C21H40N4O4/c1-15(2)14-17(16(3)19(26)25-29)20(27)24-18-10-6-9-12-22-11-7-4-5-8-13-23-21(18)28/h15-18,22,29H,4-14H2,1-3H3,(H,23,28)(H,24,27)(H,25,26)/t16?,17?,18-/m0/s1. The molecular weight excluding hydrogens is 372 g/mol. The van der Waals surface area contributed by atoms with Crippen LogP contribution in [0.3, 0.4) is 0 Å². The van der Waals surface area contributed by atoms with E-state index in [1.165, 1.54) is 0 Å². The molecule has 0 aromatic carbocycles. The van der Waals surface area contributed by atoms with Crippen LogP contribution in [0.5, 0.6) is 0 Å². The van der Waals surface area contributed by atoms with Crippen molar-refractivity contribution in [2.45, 2.75) is 78.2 Å². The Hall–Kier alpha value is -1.67. The van der Waals surface area contributed by atoms with E-state index >= 15 is 0 Å². The monoisotopic (exact) mass is 412 g/mol. The lowest BCUT2D eigenvalue weighted by Gasteiger charge is -2.26. The normalized spacial score (nSPS) is 22.1. The quantitative estimate of drug-likeness (QED) is 0.336. The fourth-order valence-electron chi connectivity index (χ4n) is 3.67. The minimum absolute atomic E-state index is 0.161. The van der Waals surface area contributed by atoms with Gasteiger partial charge in [-0.2, -0.15) is 0 Å². The summed E-state index contributed by atoms with van der Waals surface area (Å²) in [6, 6.07) is -0.607. The Morgan fingerprint density at radius 2 is 1.62 bits per heavy atom. The first kappa shape index (κ1) is 25.4. The van der Waals surface area contributed by atoms with Crippen LogP contribution in [-0.4, -0.2) is 48.6 Å².